The van der Waals surface area contributed by atoms with E-state index in [2.05, 4.69) is 26.8 Å². The van der Waals surface area contributed by atoms with Gasteiger partial charge in [0.1, 0.15) is 0 Å². The minimum absolute atomic E-state index is 0.0804. The summed E-state index contributed by atoms with van der Waals surface area (Å²) in [7, 11) is 0. The average Bonchev–Trinajstić information content (AvgIpc) is 2.16. The molecule has 2 rings (SSSR count). The molecule has 78 valence electrons. The molecule has 0 aliphatic rings. The van der Waals surface area contributed by atoms with E-state index in [1.165, 1.54) is 11.8 Å². The van der Waals surface area contributed by atoms with Crippen LogP contribution < -0.4 is 4.73 Å². The number of nitrogens with zero attached hydrogens (tertiary/aromatic N) is 1. The number of benzene rings is 1. The van der Waals surface area contributed by atoms with Crippen LogP contribution in [0.25, 0.3) is 10.9 Å². The summed E-state index contributed by atoms with van der Waals surface area (Å²) in [5.74, 6) is 0. The molecule has 2 nitrogen and oxygen atoms in total. The Balaban J connectivity index is 2.70. The second kappa shape index (κ2) is 3.23. The zero-order valence-electron chi connectivity index (χ0n) is 9.32. The van der Waals surface area contributed by atoms with Crippen LogP contribution in [0.3, 0.4) is 0 Å². The van der Waals surface area contributed by atoms with E-state index in [4.69, 9.17) is 0 Å². The molecule has 0 amide bonds. The largest absolute Gasteiger partial charge is 0.618 e. The Bertz CT molecular complexity index is 497. The lowest BCUT2D eigenvalue weighted by atomic mass is 9.86. The van der Waals surface area contributed by atoms with Crippen molar-refractivity contribution >= 4 is 10.9 Å². The van der Waals surface area contributed by atoms with Crippen molar-refractivity contribution in [1.29, 1.82) is 0 Å². The Morgan fingerprint density at radius 3 is 2.53 bits per heavy atom. The minimum atomic E-state index is 0.0804. The number of hydrogen-bond acceptors (Lipinski definition) is 1. The third kappa shape index (κ3) is 1.80. The van der Waals surface area contributed by atoms with Gasteiger partial charge in [0.15, 0.2) is 6.20 Å². The van der Waals surface area contributed by atoms with Crippen LogP contribution in [-0.2, 0) is 5.41 Å². The second-order valence-electron chi connectivity index (χ2n) is 4.86. The number of aromatic nitrogens is 1. The van der Waals surface area contributed by atoms with E-state index in [0.717, 1.165) is 15.6 Å². The normalized spacial score (nSPS) is 11.9. The van der Waals surface area contributed by atoms with Crippen LogP contribution in [0.1, 0.15) is 26.3 Å². The van der Waals surface area contributed by atoms with Gasteiger partial charge >= 0.3 is 0 Å². The first-order chi connectivity index (χ1) is 6.98. The van der Waals surface area contributed by atoms with Crippen LogP contribution in [0.4, 0.5) is 0 Å². The molecule has 2 aromatic rings. The van der Waals surface area contributed by atoms with Crippen molar-refractivity contribution in [2.45, 2.75) is 26.2 Å². The number of fused-ring (bicyclic) bond motifs is 1. The summed E-state index contributed by atoms with van der Waals surface area (Å²) < 4.78 is 0.921. The second-order valence-corrected chi connectivity index (χ2v) is 4.86. The van der Waals surface area contributed by atoms with E-state index in [1.807, 2.05) is 18.2 Å². The zero-order chi connectivity index (χ0) is 11.1. The molecule has 0 atom stereocenters. The highest BCUT2D eigenvalue weighted by Gasteiger charge is 2.15. The van der Waals surface area contributed by atoms with Crippen molar-refractivity contribution in [2.24, 2.45) is 0 Å². The maximum atomic E-state index is 11.6. The molecular weight excluding hydrogens is 186 g/mol. The Hall–Kier alpha value is -1.57. The fraction of sp³-hybridized carbons (Fsp3) is 0.308. The summed E-state index contributed by atoms with van der Waals surface area (Å²) in [6.07, 6.45) is 1.54. The highest BCUT2D eigenvalue weighted by atomic mass is 16.5. The molecule has 0 bridgehead atoms. The van der Waals surface area contributed by atoms with Gasteiger partial charge in [-0.1, -0.05) is 26.8 Å². The van der Waals surface area contributed by atoms with Crippen LogP contribution in [0.2, 0.25) is 0 Å². The fourth-order valence-corrected chi connectivity index (χ4v) is 1.65. The lowest BCUT2D eigenvalue weighted by molar-refractivity contribution is -0.577. The van der Waals surface area contributed by atoms with E-state index in [1.54, 1.807) is 6.07 Å². The molecule has 0 aliphatic heterocycles. The summed E-state index contributed by atoms with van der Waals surface area (Å²) in [5.41, 5.74) is 2.01. The van der Waals surface area contributed by atoms with E-state index in [9.17, 15) is 5.21 Å². The van der Waals surface area contributed by atoms with E-state index in [0.29, 0.717) is 0 Å². The van der Waals surface area contributed by atoms with Gasteiger partial charge in [0.2, 0.25) is 5.52 Å². The molecule has 1 aromatic carbocycles. The molecule has 0 unspecified atom stereocenters. The molecule has 0 spiro atoms. The summed E-state index contributed by atoms with van der Waals surface area (Å²) in [6, 6.07) is 9.79. The van der Waals surface area contributed by atoms with E-state index in [-0.39, 0.29) is 5.41 Å². The predicted molar refractivity (Wildman–Crippen MR) is 61.6 cm³/mol. The monoisotopic (exact) mass is 201 g/mol. The first-order valence-corrected chi connectivity index (χ1v) is 5.11. The highest BCUT2D eigenvalue weighted by molar-refractivity contribution is 5.76. The van der Waals surface area contributed by atoms with Crippen LogP contribution >= 0.6 is 0 Å². The molecular formula is C13H15NO. The molecule has 0 fully saturated rings. The third-order valence-corrected chi connectivity index (χ3v) is 2.63. The third-order valence-electron chi connectivity index (χ3n) is 2.63. The van der Waals surface area contributed by atoms with E-state index < -0.39 is 0 Å². The lowest BCUT2D eigenvalue weighted by Gasteiger charge is -2.18. The van der Waals surface area contributed by atoms with Gasteiger partial charge in [-0.2, -0.15) is 4.73 Å². The minimum Gasteiger partial charge on any atom is -0.618 e. The van der Waals surface area contributed by atoms with Gasteiger partial charge in [0.05, 0.1) is 0 Å². The average molecular weight is 201 g/mol. The molecule has 0 N–H and O–H groups in total. The van der Waals surface area contributed by atoms with Crippen LogP contribution in [0, 0.1) is 5.21 Å². The van der Waals surface area contributed by atoms with Crippen molar-refractivity contribution in [3.05, 3.63) is 47.3 Å². The first kappa shape index (κ1) is 9.97. The standard InChI is InChI=1S/C13H15NO/c1-13(2,3)11-7-6-10-5-4-8-14(15)12(10)9-11/h4-9H,1-3H3. The molecule has 0 saturated heterocycles. The Morgan fingerprint density at radius 2 is 1.87 bits per heavy atom. The Kier molecular flexibility index (Phi) is 2.14. The smallest absolute Gasteiger partial charge is 0.224 e. The van der Waals surface area contributed by atoms with Crippen LogP contribution in [-0.4, -0.2) is 0 Å². The van der Waals surface area contributed by atoms with Crippen molar-refractivity contribution in [1.82, 2.24) is 0 Å². The van der Waals surface area contributed by atoms with Gasteiger partial charge < -0.3 is 5.21 Å². The predicted octanol–water partition coefficient (Wildman–Crippen LogP) is 2.77. The number of hydrogen-bond donors (Lipinski definition) is 0. The lowest BCUT2D eigenvalue weighted by Crippen LogP contribution is -2.26. The van der Waals surface area contributed by atoms with Gasteiger partial charge in [-0.15, -0.1) is 0 Å². The highest BCUT2D eigenvalue weighted by Crippen LogP contribution is 2.24. The Labute approximate surface area is 89.8 Å². The first-order valence-electron chi connectivity index (χ1n) is 5.11. The molecule has 0 radical (unpaired) electrons. The molecule has 1 heterocycles. The maximum absolute atomic E-state index is 11.6. The molecule has 0 saturated carbocycles. The summed E-state index contributed by atoms with van der Waals surface area (Å²) in [6.45, 7) is 6.44. The number of rotatable bonds is 0. The van der Waals surface area contributed by atoms with Crippen LogP contribution in [0.15, 0.2) is 36.5 Å². The van der Waals surface area contributed by atoms with Crippen molar-refractivity contribution < 1.29 is 4.73 Å². The van der Waals surface area contributed by atoms with E-state index >= 15 is 0 Å². The molecule has 2 heteroatoms. The SMILES string of the molecule is CC(C)(C)c1ccc2ccc[n+]([O-])c2c1. The van der Waals surface area contributed by atoms with Crippen molar-refractivity contribution in [2.75, 3.05) is 0 Å². The molecule has 0 aliphatic carbocycles. The molecule has 1 aromatic heterocycles. The topological polar surface area (TPSA) is 26.9 Å². The van der Waals surface area contributed by atoms with Gasteiger partial charge in [0.25, 0.3) is 0 Å². The fourth-order valence-electron chi connectivity index (χ4n) is 1.65. The summed E-state index contributed by atoms with van der Waals surface area (Å²) in [4.78, 5) is 0. The van der Waals surface area contributed by atoms with Gasteiger partial charge in [-0.25, -0.2) is 0 Å². The van der Waals surface area contributed by atoms with Gasteiger partial charge in [0, 0.05) is 17.5 Å². The van der Waals surface area contributed by atoms with Crippen LogP contribution in [0.5, 0.6) is 0 Å². The zero-order valence-corrected chi connectivity index (χ0v) is 9.32. The summed E-state index contributed by atoms with van der Waals surface area (Å²) >= 11 is 0. The van der Waals surface area contributed by atoms with Crippen molar-refractivity contribution in [3.63, 3.8) is 0 Å². The quantitative estimate of drug-likeness (QED) is 0.475. The number of pyridine rings is 1. The maximum Gasteiger partial charge on any atom is 0.224 e. The molecule has 15 heavy (non-hydrogen) atoms. The Morgan fingerprint density at radius 1 is 1.13 bits per heavy atom. The summed E-state index contributed by atoms with van der Waals surface area (Å²) in [5, 5.41) is 12.6. The van der Waals surface area contributed by atoms with Gasteiger partial charge in [-0.3, -0.25) is 0 Å². The van der Waals surface area contributed by atoms with Gasteiger partial charge in [-0.05, 0) is 23.1 Å². The van der Waals surface area contributed by atoms with Crippen molar-refractivity contribution in [3.8, 4) is 0 Å².